The fourth-order valence-electron chi connectivity index (χ4n) is 3.15. The molecule has 4 nitrogen and oxygen atoms in total. The maximum Gasteiger partial charge on any atom is 0.306 e. The van der Waals surface area contributed by atoms with Crippen LogP contribution in [0.25, 0.3) is 6.08 Å². The molecule has 1 aliphatic rings. The molecule has 0 saturated heterocycles. The topological polar surface area (TPSA) is 56.3 Å². The molecule has 1 aromatic rings. The second-order valence-corrected chi connectivity index (χ2v) is 8.27. The number of Topliss-reactive ketones (excluding diaryl/α,β-unsaturated/α-hetero) is 1. The van der Waals surface area contributed by atoms with Gasteiger partial charge in [-0.2, -0.15) is 0 Å². The summed E-state index contributed by atoms with van der Waals surface area (Å²) in [5, 5.41) is 3.03. The number of rotatable bonds is 2. The summed E-state index contributed by atoms with van der Waals surface area (Å²) in [7, 11) is 0. The van der Waals surface area contributed by atoms with E-state index in [0.717, 1.165) is 48.4 Å². The smallest absolute Gasteiger partial charge is 0.306 e. The Labute approximate surface area is 166 Å². The maximum absolute atomic E-state index is 12.3. The molecule has 0 saturated carbocycles. The largest absolute Gasteiger partial charge is 0.457 e. The van der Waals surface area contributed by atoms with Crippen molar-refractivity contribution in [3.05, 3.63) is 33.8 Å². The van der Waals surface area contributed by atoms with Gasteiger partial charge in [0.05, 0.1) is 10.7 Å². The lowest BCUT2D eigenvalue weighted by Crippen LogP contribution is -2.19. The molecule has 1 unspecified atom stereocenters. The summed E-state index contributed by atoms with van der Waals surface area (Å²) in [5.41, 5.74) is 1.91. The van der Waals surface area contributed by atoms with Crippen LogP contribution in [0.4, 0.5) is 0 Å². The molecule has 0 aromatic carbocycles. The van der Waals surface area contributed by atoms with E-state index in [2.05, 4.69) is 17.1 Å². The Morgan fingerprint density at radius 1 is 1.11 bits per heavy atom. The van der Waals surface area contributed by atoms with E-state index >= 15 is 0 Å². The summed E-state index contributed by atoms with van der Waals surface area (Å²) in [6.45, 7) is 3.97. The number of esters is 1. The number of carbonyl (C=O) groups is 2. The maximum atomic E-state index is 12.3. The summed E-state index contributed by atoms with van der Waals surface area (Å²) in [4.78, 5) is 28.6. The van der Waals surface area contributed by atoms with E-state index in [1.165, 1.54) is 0 Å². The quantitative estimate of drug-likeness (QED) is 0.473. The highest BCUT2D eigenvalue weighted by molar-refractivity contribution is 7.09. The van der Waals surface area contributed by atoms with Crippen LogP contribution in [0.1, 0.15) is 81.8 Å². The molecule has 2 rings (SSSR count). The number of thiazole rings is 1. The van der Waals surface area contributed by atoms with Gasteiger partial charge in [-0.15, -0.1) is 11.3 Å². The van der Waals surface area contributed by atoms with E-state index in [1.807, 2.05) is 25.3 Å². The molecule has 0 radical (unpaired) electrons. The van der Waals surface area contributed by atoms with Gasteiger partial charge < -0.3 is 4.74 Å². The minimum absolute atomic E-state index is 0.226. The fourth-order valence-corrected chi connectivity index (χ4v) is 3.72. The molecular formula is C22H31NO3S. The van der Waals surface area contributed by atoms with Gasteiger partial charge in [-0.25, -0.2) is 4.98 Å². The van der Waals surface area contributed by atoms with E-state index in [-0.39, 0.29) is 17.9 Å². The molecule has 1 aromatic heterocycles. The van der Waals surface area contributed by atoms with Gasteiger partial charge in [0.1, 0.15) is 11.9 Å². The van der Waals surface area contributed by atoms with Gasteiger partial charge in [0.25, 0.3) is 0 Å². The molecule has 0 fully saturated rings. The fraction of sp³-hybridized carbons (Fsp3) is 0.591. The number of aryl methyl sites for hydroxylation is 1. The molecule has 1 atom stereocenters. The van der Waals surface area contributed by atoms with Gasteiger partial charge in [-0.05, 0) is 51.2 Å². The monoisotopic (exact) mass is 389 g/mol. The van der Waals surface area contributed by atoms with Crippen molar-refractivity contribution >= 4 is 29.2 Å². The average molecular weight is 390 g/mol. The normalized spacial score (nSPS) is 21.9. The number of allylic oxidation sites excluding steroid dienone is 1. The number of aromatic nitrogens is 1. The molecule has 1 aliphatic heterocycles. The Morgan fingerprint density at radius 3 is 2.67 bits per heavy atom. The van der Waals surface area contributed by atoms with Crippen LogP contribution in [0.2, 0.25) is 0 Å². The SMILES string of the molecule is CC(=Cc1csc(C)n1)C1CC=CCCCCCCC(=O)CCCC(=O)O1. The number of hydrogen-bond acceptors (Lipinski definition) is 5. The zero-order valence-corrected chi connectivity index (χ0v) is 17.4. The molecule has 148 valence electrons. The molecule has 2 heterocycles. The predicted octanol–water partition coefficient (Wildman–Crippen LogP) is 5.81. The average Bonchev–Trinajstić information content (AvgIpc) is 3.03. The lowest BCUT2D eigenvalue weighted by molar-refractivity contribution is -0.147. The Kier molecular flexibility index (Phi) is 9.46. The lowest BCUT2D eigenvalue weighted by Gasteiger charge is -2.17. The van der Waals surface area contributed by atoms with Crippen LogP contribution < -0.4 is 0 Å². The van der Waals surface area contributed by atoms with Crippen molar-refractivity contribution in [1.82, 2.24) is 4.98 Å². The van der Waals surface area contributed by atoms with E-state index in [0.29, 0.717) is 32.1 Å². The second kappa shape index (κ2) is 11.9. The van der Waals surface area contributed by atoms with Crippen molar-refractivity contribution in [2.24, 2.45) is 0 Å². The second-order valence-electron chi connectivity index (χ2n) is 7.21. The first kappa shape index (κ1) is 21.5. The number of cyclic esters (lactones) is 1. The Morgan fingerprint density at radius 2 is 1.89 bits per heavy atom. The standard InChI is InChI=1S/C22H31NO3S/c1-17(15-19-16-27-18(2)23-19)21-13-9-7-5-3-4-6-8-11-20(24)12-10-14-22(25)26-21/h7,9,15-16,21H,3-6,8,10-14H2,1-2H3. The molecular weight excluding hydrogens is 358 g/mol. The van der Waals surface area contributed by atoms with E-state index < -0.39 is 0 Å². The van der Waals surface area contributed by atoms with Crippen molar-refractivity contribution in [2.75, 3.05) is 0 Å². The highest BCUT2D eigenvalue weighted by Crippen LogP contribution is 2.19. The van der Waals surface area contributed by atoms with Gasteiger partial charge in [0.15, 0.2) is 0 Å². The summed E-state index contributed by atoms with van der Waals surface area (Å²) in [6, 6.07) is 0. The van der Waals surface area contributed by atoms with Crippen LogP contribution in [0.5, 0.6) is 0 Å². The van der Waals surface area contributed by atoms with Crippen molar-refractivity contribution in [2.45, 2.75) is 84.2 Å². The molecule has 0 spiro atoms. The minimum Gasteiger partial charge on any atom is -0.457 e. The van der Waals surface area contributed by atoms with Crippen molar-refractivity contribution in [3.8, 4) is 0 Å². The minimum atomic E-state index is -0.278. The van der Waals surface area contributed by atoms with Gasteiger partial charge in [0.2, 0.25) is 0 Å². The molecule has 0 N–H and O–H groups in total. The molecule has 0 bridgehead atoms. The van der Waals surface area contributed by atoms with E-state index in [4.69, 9.17) is 4.74 Å². The van der Waals surface area contributed by atoms with Crippen molar-refractivity contribution in [3.63, 3.8) is 0 Å². The third-order valence-electron chi connectivity index (χ3n) is 4.72. The number of ether oxygens (including phenoxy) is 1. The van der Waals surface area contributed by atoms with Crippen molar-refractivity contribution in [1.29, 1.82) is 0 Å². The Balaban J connectivity index is 2.03. The Hall–Kier alpha value is -1.75. The van der Waals surface area contributed by atoms with Gasteiger partial charge in [-0.3, -0.25) is 9.59 Å². The van der Waals surface area contributed by atoms with Crippen LogP contribution in [-0.2, 0) is 14.3 Å². The summed E-state index contributed by atoms with van der Waals surface area (Å²) in [6.07, 6.45) is 14.1. The predicted molar refractivity (Wildman–Crippen MR) is 111 cm³/mol. The molecule has 0 aliphatic carbocycles. The number of carbonyl (C=O) groups excluding carboxylic acids is 2. The number of ketones is 1. The first-order valence-corrected chi connectivity index (χ1v) is 10.9. The van der Waals surface area contributed by atoms with Crippen LogP contribution in [-0.4, -0.2) is 22.8 Å². The van der Waals surface area contributed by atoms with Crippen LogP contribution in [0, 0.1) is 6.92 Å². The van der Waals surface area contributed by atoms with Crippen LogP contribution in [0.15, 0.2) is 23.1 Å². The number of hydrogen-bond donors (Lipinski definition) is 0. The highest BCUT2D eigenvalue weighted by Gasteiger charge is 2.16. The van der Waals surface area contributed by atoms with Gasteiger partial charge in [-0.1, -0.05) is 25.0 Å². The Bertz CT molecular complexity index is 675. The van der Waals surface area contributed by atoms with E-state index in [1.54, 1.807) is 11.3 Å². The van der Waals surface area contributed by atoms with Gasteiger partial charge in [0, 0.05) is 31.1 Å². The third kappa shape index (κ3) is 8.65. The van der Waals surface area contributed by atoms with E-state index in [9.17, 15) is 9.59 Å². The number of nitrogens with zero attached hydrogens (tertiary/aromatic N) is 1. The molecule has 27 heavy (non-hydrogen) atoms. The zero-order chi connectivity index (χ0) is 19.5. The van der Waals surface area contributed by atoms with Gasteiger partial charge >= 0.3 is 5.97 Å². The zero-order valence-electron chi connectivity index (χ0n) is 16.5. The first-order valence-electron chi connectivity index (χ1n) is 10.0. The summed E-state index contributed by atoms with van der Waals surface area (Å²) >= 11 is 1.61. The summed E-state index contributed by atoms with van der Waals surface area (Å²) < 4.78 is 5.73. The highest BCUT2D eigenvalue weighted by atomic mass is 32.1. The molecule has 0 amide bonds. The van der Waals surface area contributed by atoms with Crippen LogP contribution in [0.3, 0.4) is 0 Å². The first-order chi connectivity index (χ1) is 13.0. The van der Waals surface area contributed by atoms with Crippen LogP contribution >= 0.6 is 11.3 Å². The third-order valence-corrected chi connectivity index (χ3v) is 5.52. The summed E-state index contributed by atoms with van der Waals surface area (Å²) in [5.74, 6) is 0.0387. The van der Waals surface area contributed by atoms with Crippen molar-refractivity contribution < 1.29 is 14.3 Å². The lowest BCUT2D eigenvalue weighted by atomic mass is 10.0. The molecule has 5 heteroatoms.